The van der Waals surface area contributed by atoms with E-state index in [1.54, 1.807) is 17.1 Å². The van der Waals surface area contributed by atoms with Crippen LogP contribution in [0.5, 0.6) is 0 Å². The molecule has 3 rings (SSSR count). The molecule has 0 aliphatic carbocycles. The maximum Gasteiger partial charge on any atom is 0.352 e. The maximum absolute atomic E-state index is 13.1. The van der Waals surface area contributed by atoms with E-state index >= 15 is 0 Å². The molecule has 106 valence electrons. The Labute approximate surface area is 121 Å². The minimum absolute atomic E-state index is 0.105. The third-order valence-electron chi connectivity index (χ3n) is 3.43. The summed E-state index contributed by atoms with van der Waals surface area (Å²) in [4.78, 5) is 11.2. The number of carboxylic acid groups (broad SMARTS) is 1. The van der Waals surface area contributed by atoms with Gasteiger partial charge in [-0.05, 0) is 29.8 Å². The third-order valence-corrected chi connectivity index (χ3v) is 3.43. The van der Waals surface area contributed by atoms with Crippen molar-refractivity contribution >= 4 is 17.4 Å². The van der Waals surface area contributed by atoms with Gasteiger partial charge in [-0.2, -0.15) is 5.10 Å². The summed E-state index contributed by atoms with van der Waals surface area (Å²) in [5.41, 5.74) is 1.75. The van der Waals surface area contributed by atoms with Gasteiger partial charge in [-0.3, -0.25) is 5.01 Å². The Morgan fingerprint density at radius 1 is 1.14 bits per heavy atom. The van der Waals surface area contributed by atoms with E-state index in [9.17, 15) is 9.18 Å². The third kappa shape index (κ3) is 2.63. The highest BCUT2D eigenvalue weighted by molar-refractivity contribution is 6.36. The van der Waals surface area contributed by atoms with Crippen molar-refractivity contribution in [2.24, 2.45) is 5.10 Å². The average molecular weight is 284 g/mol. The van der Waals surface area contributed by atoms with E-state index in [0.717, 1.165) is 5.56 Å². The number of nitrogens with zero attached hydrogens (tertiary/aromatic N) is 2. The molecule has 0 radical (unpaired) electrons. The molecular formula is C16H13FN2O2. The topological polar surface area (TPSA) is 52.9 Å². The summed E-state index contributed by atoms with van der Waals surface area (Å²) >= 11 is 0. The van der Waals surface area contributed by atoms with E-state index in [1.165, 1.54) is 12.1 Å². The average Bonchev–Trinajstić information content (AvgIpc) is 2.94. The molecule has 1 N–H and O–H groups in total. The Hall–Kier alpha value is -2.69. The fourth-order valence-electron chi connectivity index (χ4n) is 2.41. The molecule has 5 heteroatoms. The second-order valence-corrected chi connectivity index (χ2v) is 4.80. The predicted molar refractivity (Wildman–Crippen MR) is 77.7 cm³/mol. The highest BCUT2D eigenvalue weighted by Crippen LogP contribution is 2.35. The first-order valence-electron chi connectivity index (χ1n) is 6.55. The summed E-state index contributed by atoms with van der Waals surface area (Å²) < 4.78 is 13.1. The summed E-state index contributed by atoms with van der Waals surface area (Å²) in [6.07, 6.45) is 0.316. The number of rotatable bonds is 3. The first-order valence-corrected chi connectivity index (χ1v) is 6.55. The molecule has 2 aromatic rings. The van der Waals surface area contributed by atoms with Gasteiger partial charge >= 0.3 is 5.97 Å². The first-order chi connectivity index (χ1) is 10.1. The normalized spacial score (nSPS) is 17.7. The number of hydrogen-bond donors (Lipinski definition) is 1. The number of benzene rings is 2. The lowest BCUT2D eigenvalue weighted by molar-refractivity contribution is -0.129. The zero-order valence-corrected chi connectivity index (χ0v) is 11.1. The Morgan fingerprint density at radius 3 is 2.43 bits per heavy atom. The van der Waals surface area contributed by atoms with Crippen molar-refractivity contribution < 1.29 is 14.3 Å². The summed E-state index contributed by atoms with van der Waals surface area (Å²) in [6, 6.07) is 15.2. The van der Waals surface area contributed by atoms with Crippen molar-refractivity contribution in [2.45, 2.75) is 12.5 Å². The Morgan fingerprint density at radius 2 is 1.81 bits per heavy atom. The molecule has 1 atom stereocenters. The molecule has 4 nitrogen and oxygen atoms in total. The van der Waals surface area contributed by atoms with Gasteiger partial charge in [-0.1, -0.05) is 30.3 Å². The van der Waals surface area contributed by atoms with Crippen LogP contribution in [-0.2, 0) is 4.79 Å². The number of carboxylic acids is 1. The standard InChI is InChI=1S/C16H13FN2O2/c17-12-6-8-13(9-7-12)19-15(10-14(18-19)16(20)21)11-4-2-1-3-5-11/h1-9,15H,10H2,(H,20,21)/t15-/m0/s1. The van der Waals surface area contributed by atoms with Crippen molar-refractivity contribution in [3.05, 3.63) is 66.0 Å². The van der Waals surface area contributed by atoms with Crippen molar-refractivity contribution in [3.63, 3.8) is 0 Å². The van der Waals surface area contributed by atoms with E-state index in [2.05, 4.69) is 5.10 Å². The molecule has 21 heavy (non-hydrogen) atoms. The van der Waals surface area contributed by atoms with Crippen LogP contribution in [0.25, 0.3) is 0 Å². The van der Waals surface area contributed by atoms with Gasteiger partial charge < -0.3 is 5.11 Å². The van der Waals surface area contributed by atoms with Gasteiger partial charge in [0, 0.05) is 6.42 Å². The molecule has 1 heterocycles. The molecule has 1 aliphatic rings. The van der Waals surface area contributed by atoms with Crippen molar-refractivity contribution in [1.29, 1.82) is 0 Å². The molecule has 1 aliphatic heterocycles. The molecule has 0 unspecified atom stereocenters. The molecular weight excluding hydrogens is 271 g/mol. The lowest BCUT2D eigenvalue weighted by Crippen LogP contribution is -2.18. The van der Waals surface area contributed by atoms with Crippen molar-refractivity contribution in [2.75, 3.05) is 5.01 Å². The molecule has 0 saturated carbocycles. The number of carbonyl (C=O) groups is 1. The van der Waals surface area contributed by atoms with Crippen LogP contribution >= 0.6 is 0 Å². The minimum Gasteiger partial charge on any atom is -0.477 e. The zero-order valence-electron chi connectivity index (χ0n) is 11.1. The first kappa shape index (κ1) is 13.3. The van der Waals surface area contributed by atoms with Gasteiger partial charge in [0.25, 0.3) is 0 Å². The number of anilines is 1. The van der Waals surface area contributed by atoms with Crippen LogP contribution in [0.4, 0.5) is 10.1 Å². The maximum atomic E-state index is 13.1. The number of halogens is 1. The fraction of sp³-hybridized carbons (Fsp3) is 0.125. The summed E-state index contributed by atoms with van der Waals surface area (Å²) in [6.45, 7) is 0. The fourth-order valence-corrected chi connectivity index (χ4v) is 2.41. The van der Waals surface area contributed by atoms with Crippen LogP contribution < -0.4 is 5.01 Å². The van der Waals surface area contributed by atoms with Crippen LogP contribution in [0.2, 0.25) is 0 Å². The van der Waals surface area contributed by atoms with E-state index in [-0.39, 0.29) is 17.6 Å². The minimum atomic E-state index is -1.03. The van der Waals surface area contributed by atoms with E-state index < -0.39 is 5.97 Å². The Bertz CT molecular complexity index is 683. The lowest BCUT2D eigenvalue weighted by atomic mass is 10.0. The highest BCUT2D eigenvalue weighted by atomic mass is 19.1. The lowest BCUT2D eigenvalue weighted by Gasteiger charge is -2.23. The van der Waals surface area contributed by atoms with Gasteiger partial charge in [-0.25, -0.2) is 9.18 Å². The molecule has 0 spiro atoms. The van der Waals surface area contributed by atoms with Crippen molar-refractivity contribution in [1.82, 2.24) is 0 Å². The molecule has 0 aromatic heterocycles. The van der Waals surface area contributed by atoms with Gasteiger partial charge in [-0.15, -0.1) is 0 Å². The monoisotopic (exact) mass is 284 g/mol. The SMILES string of the molecule is O=C(O)C1=NN(c2ccc(F)cc2)[C@H](c2ccccc2)C1. The Kier molecular flexibility index (Phi) is 3.39. The van der Waals surface area contributed by atoms with Gasteiger partial charge in [0.15, 0.2) is 0 Å². The summed E-state index contributed by atoms with van der Waals surface area (Å²) in [5.74, 6) is -1.36. The van der Waals surface area contributed by atoms with Gasteiger partial charge in [0.05, 0.1) is 11.7 Å². The molecule has 0 fully saturated rings. The van der Waals surface area contributed by atoms with Crippen LogP contribution in [0.15, 0.2) is 59.7 Å². The largest absolute Gasteiger partial charge is 0.477 e. The molecule has 0 saturated heterocycles. The van der Waals surface area contributed by atoms with Gasteiger partial charge in [0.2, 0.25) is 0 Å². The number of hydrogen-bond acceptors (Lipinski definition) is 3. The van der Waals surface area contributed by atoms with E-state index in [1.807, 2.05) is 30.3 Å². The smallest absolute Gasteiger partial charge is 0.352 e. The highest BCUT2D eigenvalue weighted by Gasteiger charge is 2.32. The van der Waals surface area contributed by atoms with E-state index in [0.29, 0.717) is 12.1 Å². The van der Waals surface area contributed by atoms with Crippen LogP contribution in [0.1, 0.15) is 18.0 Å². The van der Waals surface area contributed by atoms with Gasteiger partial charge in [0.1, 0.15) is 11.5 Å². The zero-order chi connectivity index (χ0) is 14.8. The number of hydrazone groups is 1. The predicted octanol–water partition coefficient (Wildman–Crippen LogP) is 3.22. The van der Waals surface area contributed by atoms with Crippen LogP contribution in [0, 0.1) is 5.82 Å². The molecule has 0 bridgehead atoms. The Balaban J connectivity index is 2.00. The quantitative estimate of drug-likeness (QED) is 0.941. The second-order valence-electron chi connectivity index (χ2n) is 4.80. The molecule has 2 aromatic carbocycles. The summed E-state index contributed by atoms with van der Waals surface area (Å²) in [5, 5.41) is 15.0. The number of aliphatic carboxylic acids is 1. The van der Waals surface area contributed by atoms with E-state index in [4.69, 9.17) is 5.11 Å². The second kappa shape index (κ2) is 5.36. The van der Waals surface area contributed by atoms with Crippen LogP contribution in [-0.4, -0.2) is 16.8 Å². The van der Waals surface area contributed by atoms with Crippen molar-refractivity contribution in [3.8, 4) is 0 Å². The molecule has 0 amide bonds. The summed E-state index contributed by atoms with van der Waals surface area (Å²) in [7, 11) is 0. The van der Waals surface area contributed by atoms with Crippen LogP contribution in [0.3, 0.4) is 0 Å².